The number of ether oxygens (including phenoxy) is 1. The van der Waals surface area contributed by atoms with Crippen LogP contribution in [0.3, 0.4) is 0 Å². The monoisotopic (exact) mass is 258 g/mol. The molecule has 0 aromatic rings. The number of hydrogen-bond acceptors (Lipinski definition) is 1. The van der Waals surface area contributed by atoms with Gasteiger partial charge in [-0.15, -0.1) is 0 Å². The summed E-state index contributed by atoms with van der Waals surface area (Å²) in [5.74, 6) is 0. The van der Waals surface area contributed by atoms with Gasteiger partial charge in [0.05, 0.1) is 0 Å². The van der Waals surface area contributed by atoms with E-state index in [0.717, 1.165) is 18.4 Å². The first-order chi connectivity index (χ1) is 4.31. The second-order valence-corrected chi connectivity index (χ2v) is 3.46. The number of unbranched alkanes of at least 4 members (excludes halogenated alkanes) is 1. The molecule has 0 saturated heterocycles. The van der Waals surface area contributed by atoms with Crippen molar-refractivity contribution in [3.05, 3.63) is 0 Å². The third-order valence-electron chi connectivity index (χ3n) is 0.918. The van der Waals surface area contributed by atoms with Gasteiger partial charge in [-0.1, -0.05) is 45.2 Å². The Bertz CT molecular complexity index is 59.0. The van der Waals surface area contributed by atoms with Crippen LogP contribution in [0.4, 0.5) is 0 Å². The zero-order valence-electron chi connectivity index (χ0n) is 5.57. The Balaban J connectivity index is 2.88. The molecule has 0 radical (unpaired) electrons. The van der Waals surface area contributed by atoms with Gasteiger partial charge in [-0.25, -0.2) is 0 Å². The Morgan fingerprint density at radius 2 is 2.22 bits per heavy atom. The van der Waals surface area contributed by atoms with E-state index in [0.29, 0.717) is 0 Å². The maximum absolute atomic E-state index is 5.30. The molecular formula is C6H12Br2O. The number of alkyl halides is 2. The van der Waals surface area contributed by atoms with Crippen LogP contribution in [-0.4, -0.2) is 17.0 Å². The molecule has 0 aliphatic carbocycles. The molecule has 9 heavy (non-hydrogen) atoms. The maximum atomic E-state index is 5.30. The lowest BCUT2D eigenvalue weighted by atomic mass is 10.4. The first kappa shape index (κ1) is 9.92. The van der Waals surface area contributed by atoms with E-state index < -0.39 is 0 Å². The van der Waals surface area contributed by atoms with Gasteiger partial charge in [0, 0.05) is 11.9 Å². The smallest absolute Gasteiger partial charge is 0.122 e. The van der Waals surface area contributed by atoms with Crippen LogP contribution in [0.25, 0.3) is 0 Å². The van der Waals surface area contributed by atoms with Gasteiger partial charge in [0.25, 0.3) is 0 Å². The highest BCUT2D eigenvalue weighted by atomic mass is 79.9. The van der Waals surface area contributed by atoms with Crippen molar-refractivity contribution < 1.29 is 4.74 Å². The van der Waals surface area contributed by atoms with E-state index in [1.165, 1.54) is 6.42 Å². The van der Waals surface area contributed by atoms with Crippen molar-refractivity contribution >= 4 is 31.9 Å². The molecule has 0 fully saturated rings. The highest BCUT2D eigenvalue weighted by Crippen LogP contribution is 2.05. The van der Waals surface area contributed by atoms with Crippen LogP contribution in [0.15, 0.2) is 0 Å². The highest BCUT2D eigenvalue weighted by molar-refractivity contribution is 9.12. The summed E-state index contributed by atoms with van der Waals surface area (Å²) in [4.78, 5) is 0. The predicted molar refractivity (Wildman–Crippen MR) is 47.4 cm³/mol. The van der Waals surface area contributed by atoms with Crippen molar-refractivity contribution in [2.45, 2.75) is 24.8 Å². The summed E-state index contributed by atoms with van der Waals surface area (Å²) in [6.45, 7) is 3.01. The van der Waals surface area contributed by atoms with Crippen LogP contribution in [0.1, 0.15) is 19.8 Å². The normalized spacial score (nSPS) is 13.7. The lowest BCUT2D eigenvalue weighted by Gasteiger charge is -2.05. The lowest BCUT2D eigenvalue weighted by Crippen LogP contribution is -2.06. The molecule has 1 atom stereocenters. The van der Waals surface area contributed by atoms with Crippen molar-refractivity contribution in [1.29, 1.82) is 0 Å². The maximum Gasteiger partial charge on any atom is 0.122 e. The molecule has 56 valence electrons. The van der Waals surface area contributed by atoms with Gasteiger partial charge in [-0.3, -0.25) is 0 Å². The summed E-state index contributed by atoms with van der Waals surface area (Å²) in [6, 6.07) is 0. The topological polar surface area (TPSA) is 9.23 Å². The Labute approximate surface area is 73.4 Å². The van der Waals surface area contributed by atoms with E-state index in [-0.39, 0.29) is 5.01 Å². The third-order valence-corrected chi connectivity index (χ3v) is 2.96. The van der Waals surface area contributed by atoms with Gasteiger partial charge in [0.1, 0.15) is 5.01 Å². The van der Waals surface area contributed by atoms with Gasteiger partial charge in [-0.05, 0) is 6.42 Å². The molecule has 0 heterocycles. The van der Waals surface area contributed by atoms with Crippen LogP contribution < -0.4 is 0 Å². The molecule has 0 saturated carbocycles. The molecule has 0 aromatic carbocycles. The lowest BCUT2D eigenvalue weighted by molar-refractivity contribution is 0.129. The van der Waals surface area contributed by atoms with Crippen LogP contribution >= 0.6 is 31.9 Å². The minimum atomic E-state index is 0.184. The Morgan fingerprint density at radius 3 is 2.67 bits per heavy atom. The SMILES string of the molecule is CCCCOC(Br)CBr. The zero-order chi connectivity index (χ0) is 7.11. The number of rotatable bonds is 5. The molecule has 0 amide bonds. The second kappa shape index (κ2) is 7.03. The van der Waals surface area contributed by atoms with Gasteiger partial charge in [-0.2, -0.15) is 0 Å². The van der Waals surface area contributed by atoms with Gasteiger partial charge < -0.3 is 4.74 Å². The summed E-state index contributed by atoms with van der Waals surface area (Å²) < 4.78 is 5.30. The summed E-state index contributed by atoms with van der Waals surface area (Å²) in [7, 11) is 0. The molecular weight excluding hydrogens is 248 g/mol. The molecule has 1 nitrogen and oxygen atoms in total. The van der Waals surface area contributed by atoms with E-state index in [2.05, 4.69) is 38.8 Å². The zero-order valence-corrected chi connectivity index (χ0v) is 8.74. The van der Waals surface area contributed by atoms with Crippen molar-refractivity contribution in [3.63, 3.8) is 0 Å². The quantitative estimate of drug-likeness (QED) is 0.545. The molecule has 0 spiro atoms. The summed E-state index contributed by atoms with van der Waals surface area (Å²) in [6.07, 6.45) is 2.34. The number of hydrogen-bond donors (Lipinski definition) is 0. The van der Waals surface area contributed by atoms with Gasteiger partial charge in [0.2, 0.25) is 0 Å². The van der Waals surface area contributed by atoms with E-state index in [4.69, 9.17) is 4.74 Å². The Kier molecular flexibility index (Phi) is 7.75. The van der Waals surface area contributed by atoms with E-state index in [9.17, 15) is 0 Å². The molecule has 0 N–H and O–H groups in total. The highest BCUT2D eigenvalue weighted by Gasteiger charge is 1.98. The van der Waals surface area contributed by atoms with Crippen LogP contribution in [-0.2, 0) is 4.74 Å². The summed E-state index contributed by atoms with van der Waals surface area (Å²) >= 11 is 6.63. The fourth-order valence-corrected chi connectivity index (χ4v) is 0.774. The predicted octanol–water partition coefficient (Wildman–Crippen LogP) is 2.92. The van der Waals surface area contributed by atoms with Crippen molar-refractivity contribution in [2.24, 2.45) is 0 Å². The fraction of sp³-hybridized carbons (Fsp3) is 1.00. The average molecular weight is 260 g/mol. The minimum Gasteiger partial charge on any atom is -0.366 e. The third kappa shape index (κ3) is 6.81. The van der Waals surface area contributed by atoms with Gasteiger partial charge in [0.15, 0.2) is 0 Å². The number of halogens is 2. The van der Waals surface area contributed by atoms with Crippen molar-refractivity contribution in [2.75, 3.05) is 11.9 Å². The van der Waals surface area contributed by atoms with Crippen molar-refractivity contribution in [3.8, 4) is 0 Å². The Hall–Kier alpha value is 0.920. The van der Waals surface area contributed by atoms with Crippen molar-refractivity contribution in [1.82, 2.24) is 0 Å². The minimum absolute atomic E-state index is 0.184. The van der Waals surface area contributed by atoms with E-state index in [1.807, 2.05) is 0 Å². The van der Waals surface area contributed by atoms with Crippen LogP contribution in [0.5, 0.6) is 0 Å². The molecule has 0 aromatic heterocycles. The average Bonchev–Trinajstić information content (AvgIpc) is 1.89. The summed E-state index contributed by atoms with van der Waals surface area (Å²) in [5, 5.41) is 1.04. The standard InChI is InChI=1S/C6H12Br2O/c1-2-3-4-9-6(8)5-7/h6H,2-5H2,1H3. The first-order valence-corrected chi connectivity index (χ1v) is 5.16. The molecule has 3 heteroatoms. The first-order valence-electron chi connectivity index (χ1n) is 3.13. The largest absolute Gasteiger partial charge is 0.366 e. The van der Waals surface area contributed by atoms with Crippen LogP contribution in [0, 0.1) is 0 Å². The van der Waals surface area contributed by atoms with E-state index in [1.54, 1.807) is 0 Å². The molecule has 0 aliphatic heterocycles. The van der Waals surface area contributed by atoms with E-state index >= 15 is 0 Å². The second-order valence-electron chi connectivity index (χ2n) is 1.79. The van der Waals surface area contributed by atoms with Crippen LogP contribution in [0.2, 0.25) is 0 Å². The Morgan fingerprint density at radius 1 is 1.56 bits per heavy atom. The molecule has 0 rings (SSSR count). The molecule has 1 unspecified atom stereocenters. The fourth-order valence-electron chi connectivity index (χ4n) is 0.400. The summed E-state index contributed by atoms with van der Waals surface area (Å²) in [5.41, 5.74) is 0. The van der Waals surface area contributed by atoms with Gasteiger partial charge >= 0.3 is 0 Å². The molecule has 0 aliphatic rings. The molecule has 0 bridgehead atoms.